The van der Waals surface area contributed by atoms with Crippen LogP contribution < -0.4 is 20.1 Å². The van der Waals surface area contributed by atoms with Crippen LogP contribution in [0, 0.1) is 11.8 Å². The second-order valence-electron chi connectivity index (χ2n) is 7.61. The molecule has 1 aromatic carbocycles. The minimum Gasteiger partial charge on any atom is -0.495 e. The zero-order valence-electron chi connectivity index (χ0n) is 16.1. The molecule has 150 valence electrons. The summed E-state index contributed by atoms with van der Waals surface area (Å²) >= 11 is 13.3. The van der Waals surface area contributed by atoms with Gasteiger partial charge in [-0.2, -0.15) is 0 Å². The Morgan fingerprint density at radius 3 is 2.31 bits per heavy atom. The summed E-state index contributed by atoms with van der Waals surface area (Å²) in [6, 6.07) is 5.47. The summed E-state index contributed by atoms with van der Waals surface area (Å²) in [5, 5.41) is 2.69. The quantitative estimate of drug-likeness (QED) is 0.648. The number of nitrogens with two attached hydrogens (primary N) is 1. The minimum atomic E-state index is 0.392. The number of nitrogen functional groups attached to an aromatic ring is 1. The van der Waals surface area contributed by atoms with Crippen molar-refractivity contribution < 1.29 is 9.47 Å². The van der Waals surface area contributed by atoms with Crippen molar-refractivity contribution in [2.75, 3.05) is 37.9 Å². The summed E-state index contributed by atoms with van der Waals surface area (Å²) in [6.07, 6.45) is 3.07. The van der Waals surface area contributed by atoms with Crippen molar-refractivity contribution in [3.63, 3.8) is 0 Å². The minimum absolute atomic E-state index is 0.392. The SMILES string of the molecule is COc1cc(OC)c(Cl)c(-c2cc3cnc(N)cc3c(N3CC4CC4C3)n2)c1Cl. The standard InChI is InChI=1S/C21H20Cl2N4O2/c1-28-15-6-16(29-2)20(23)18(19(15)22)14-4-10-7-25-17(24)5-13(10)21(26-14)27-8-11-3-12(11)9-27/h4-7,11-12H,3,8-9H2,1-2H3,(H2,24,25). The van der Waals surface area contributed by atoms with E-state index in [1.165, 1.54) is 6.42 Å². The number of anilines is 2. The summed E-state index contributed by atoms with van der Waals surface area (Å²) in [5.74, 6) is 3.83. The van der Waals surface area contributed by atoms with Gasteiger partial charge in [-0.25, -0.2) is 9.97 Å². The first kappa shape index (κ1) is 18.6. The fraction of sp³-hybridized carbons (Fsp3) is 0.333. The van der Waals surface area contributed by atoms with Crippen molar-refractivity contribution in [2.24, 2.45) is 11.8 Å². The van der Waals surface area contributed by atoms with E-state index in [9.17, 15) is 0 Å². The predicted octanol–water partition coefficient (Wildman–Crippen LogP) is 4.66. The molecule has 0 radical (unpaired) electrons. The Labute approximate surface area is 178 Å². The zero-order chi connectivity index (χ0) is 20.3. The molecule has 2 aliphatic rings. The molecule has 2 unspecified atom stereocenters. The van der Waals surface area contributed by atoms with E-state index in [1.54, 1.807) is 26.5 Å². The molecule has 1 saturated heterocycles. The lowest BCUT2D eigenvalue weighted by atomic mass is 10.1. The lowest BCUT2D eigenvalue weighted by molar-refractivity contribution is 0.395. The average molecular weight is 431 g/mol. The Balaban J connectivity index is 1.75. The summed E-state index contributed by atoms with van der Waals surface area (Å²) in [6.45, 7) is 2.00. The Kier molecular flexibility index (Phi) is 4.37. The van der Waals surface area contributed by atoms with Crippen LogP contribution in [0.25, 0.3) is 22.0 Å². The number of hydrogen-bond donors (Lipinski definition) is 1. The van der Waals surface area contributed by atoms with Crippen molar-refractivity contribution in [1.82, 2.24) is 9.97 Å². The normalized spacial score (nSPS) is 20.1. The van der Waals surface area contributed by atoms with Crippen molar-refractivity contribution >= 4 is 45.6 Å². The lowest BCUT2D eigenvalue weighted by Crippen LogP contribution is -2.23. The maximum atomic E-state index is 6.64. The van der Waals surface area contributed by atoms with E-state index in [0.29, 0.717) is 38.6 Å². The summed E-state index contributed by atoms with van der Waals surface area (Å²) in [4.78, 5) is 11.6. The van der Waals surface area contributed by atoms with Crippen LogP contribution in [0.2, 0.25) is 10.0 Å². The van der Waals surface area contributed by atoms with Gasteiger partial charge in [0.2, 0.25) is 0 Å². The second-order valence-corrected chi connectivity index (χ2v) is 8.36. The van der Waals surface area contributed by atoms with Crippen molar-refractivity contribution in [2.45, 2.75) is 6.42 Å². The van der Waals surface area contributed by atoms with Crippen LogP contribution in [0.4, 0.5) is 11.6 Å². The zero-order valence-corrected chi connectivity index (χ0v) is 17.6. The third-order valence-corrected chi connectivity index (χ3v) is 6.57. The Bertz CT molecular complexity index is 1100. The fourth-order valence-electron chi connectivity index (χ4n) is 4.20. The number of halogens is 2. The number of ether oxygens (including phenoxy) is 2. The number of hydrogen-bond acceptors (Lipinski definition) is 6. The number of nitrogens with zero attached hydrogens (tertiary/aromatic N) is 3. The molecule has 29 heavy (non-hydrogen) atoms. The highest BCUT2D eigenvalue weighted by Crippen LogP contribution is 2.49. The molecule has 1 saturated carbocycles. The first-order valence-corrected chi connectivity index (χ1v) is 10.2. The predicted molar refractivity (Wildman–Crippen MR) is 116 cm³/mol. The highest BCUT2D eigenvalue weighted by Gasteiger charge is 2.45. The molecule has 2 N–H and O–H groups in total. The molecule has 0 amide bonds. The van der Waals surface area contributed by atoms with Crippen molar-refractivity contribution in [3.05, 3.63) is 34.4 Å². The van der Waals surface area contributed by atoms with Gasteiger partial charge in [0.25, 0.3) is 0 Å². The van der Waals surface area contributed by atoms with Gasteiger partial charge in [0, 0.05) is 41.7 Å². The molecule has 5 rings (SSSR count). The van der Waals surface area contributed by atoms with E-state index in [0.717, 1.165) is 41.5 Å². The van der Waals surface area contributed by atoms with E-state index in [4.69, 9.17) is 43.4 Å². The van der Waals surface area contributed by atoms with E-state index in [-0.39, 0.29) is 0 Å². The molecule has 2 aromatic heterocycles. The van der Waals surface area contributed by atoms with Gasteiger partial charge in [-0.1, -0.05) is 23.2 Å². The molecular formula is C21H20Cl2N4O2. The van der Waals surface area contributed by atoms with Crippen molar-refractivity contribution in [3.8, 4) is 22.8 Å². The first-order valence-electron chi connectivity index (χ1n) is 9.41. The fourth-order valence-corrected chi connectivity index (χ4v) is 4.89. The third-order valence-electron chi connectivity index (χ3n) is 5.82. The van der Waals surface area contributed by atoms with Gasteiger partial charge in [0.15, 0.2) is 0 Å². The topological polar surface area (TPSA) is 73.5 Å². The van der Waals surface area contributed by atoms with Gasteiger partial charge in [-0.05, 0) is 30.4 Å². The molecule has 0 bridgehead atoms. The first-order chi connectivity index (χ1) is 14.0. The summed E-state index contributed by atoms with van der Waals surface area (Å²) in [7, 11) is 3.11. The van der Waals surface area contributed by atoms with Crippen molar-refractivity contribution in [1.29, 1.82) is 0 Å². The highest BCUT2D eigenvalue weighted by atomic mass is 35.5. The van der Waals surface area contributed by atoms with Crippen LogP contribution in [0.1, 0.15) is 6.42 Å². The molecule has 1 aliphatic heterocycles. The van der Waals surface area contributed by atoms with Crippen LogP contribution in [0.15, 0.2) is 24.4 Å². The molecule has 8 heteroatoms. The van der Waals surface area contributed by atoms with Crippen LogP contribution >= 0.6 is 23.2 Å². The molecule has 2 fully saturated rings. The third kappa shape index (κ3) is 3.02. The average Bonchev–Trinajstić information content (AvgIpc) is 3.33. The number of methoxy groups -OCH3 is 2. The Morgan fingerprint density at radius 1 is 1.03 bits per heavy atom. The van der Waals surface area contributed by atoms with Gasteiger partial charge in [0.1, 0.15) is 23.1 Å². The van der Waals surface area contributed by atoms with E-state index >= 15 is 0 Å². The lowest BCUT2D eigenvalue weighted by Gasteiger charge is -2.23. The monoisotopic (exact) mass is 430 g/mol. The molecule has 3 aromatic rings. The van der Waals surface area contributed by atoms with Gasteiger partial charge in [-0.15, -0.1) is 0 Å². The largest absolute Gasteiger partial charge is 0.495 e. The Morgan fingerprint density at radius 2 is 1.69 bits per heavy atom. The number of fused-ring (bicyclic) bond motifs is 2. The maximum absolute atomic E-state index is 6.64. The Hall–Kier alpha value is -2.44. The number of aromatic nitrogens is 2. The summed E-state index contributed by atoms with van der Waals surface area (Å²) in [5.41, 5.74) is 7.19. The van der Waals surface area contributed by atoms with Gasteiger partial charge >= 0.3 is 0 Å². The van der Waals surface area contributed by atoms with Gasteiger partial charge in [0.05, 0.1) is 30.0 Å². The maximum Gasteiger partial charge on any atom is 0.141 e. The van der Waals surface area contributed by atoms with Crippen LogP contribution in [0.5, 0.6) is 11.5 Å². The molecule has 2 atom stereocenters. The number of piperidine rings is 1. The van der Waals surface area contributed by atoms with E-state index in [1.807, 2.05) is 12.1 Å². The van der Waals surface area contributed by atoms with E-state index in [2.05, 4.69) is 9.88 Å². The second kappa shape index (κ2) is 6.82. The molecule has 0 spiro atoms. The number of pyridine rings is 2. The van der Waals surface area contributed by atoms with Crippen LogP contribution in [-0.4, -0.2) is 37.3 Å². The smallest absolute Gasteiger partial charge is 0.141 e. The van der Waals surface area contributed by atoms with Gasteiger partial charge < -0.3 is 20.1 Å². The van der Waals surface area contributed by atoms with Gasteiger partial charge in [-0.3, -0.25) is 0 Å². The van der Waals surface area contributed by atoms with Crippen LogP contribution in [0.3, 0.4) is 0 Å². The molecule has 6 nitrogen and oxygen atoms in total. The van der Waals surface area contributed by atoms with Crippen LogP contribution in [-0.2, 0) is 0 Å². The van der Waals surface area contributed by atoms with E-state index < -0.39 is 0 Å². The number of rotatable bonds is 4. The molecule has 1 aliphatic carbocycles. The summed E-state index contributed by atoms with van der Waals surface area (Å²) < 4.78 is 10.8. The molecular weight excluding hydrogens is 411 g/mol. The highest BCUT2D eigenvalue weighted by molar-refractivity contribution is 6.41. The molecule has 3 heterocycles. The number of benzene rings is 1.